The molecule has 0 saturated heterocycles. The van der Waals surface area contributed by atoms with Crippen molar-refractivity contribution in [3.63, 3.8) is 0 Å². The fourth-order valence-corrected chi connectivity index (χ4v) is 1.37. The van der Waals surface area contributed by atoms with Crippen molar-refractivity contribution < 1.29 is 18.4 Å². The number of benzene rings is 1. The van der Waals surface area contributed by atoms with E-state index in [0.29, 0.717) is 5.06 Å². The Bertz CT molecular complexity index is 368. The van der Waals surface area contributed by atoms with Crippen molar-refractivity contribution in [3.8, 4) is 0 Å². The van der Waals surface area contributed by atoms with Crippen LogP contribution in [0, 0.1) is 0 Å². The molecule has 1 amide bonds. The third-order valence-corrected chi connectivity index (χ3v) is 2.44. The fraction of sp³-hybridized carbons (Fsp3) is 0.417. The van der Waals surface area contributed by atoms with Crippen molar-refractivity contribution in [2.75, 3.05) is 14.2 Å². The van der Waals surface area contributed by atoms with E-state index in [1.54, 1.807) is 24.3 Å². The molecule has 94 valence electrons. The molecule has 0 atom stereocenters. The first-order chi connectivity index (χ1) is 7.97. The first kappa shape index (κ1) is 13.6. The molecular formula is C12H15F2NO2. The molecule has 0 spiro atoms. The predicted octanol–water partition coefficient (Wildman–Crippen LogP) is 2.27. The zero-order chi connectivity index (χ0) is 12.9. The van der Waals surface area contributed by atoms with E-state index < -0.39 is 18.3 Å². The van der Waals surface area contributed by atoms with Gasteiger partial charge >= 0.3 is 11.8 Å². The van der Waals surface area contributed by atoms with Crippen LogP contribution in [0.5, 0.6) is 0 Å². The quantitative estimate of drug-likeness (QED) is 0.742. The Kier molecular flexibility index (Phi) is 4.57. The van der Waals surface area contributed by atoms with Gasteiger partial charge in [0.25, 0.3) is 0 Å². The molecule has 0 N–H and O–H groups in total. The summed E-state index contributed by atoms with van der Waals surface area (Å²) in [7, 11) is 2.34. The summed E-state index contributed by atoms with van der Waals surface area (Å²) in [5, 5.41) is 0.547. The number of rotatable bonds is 5. The van der Waals surface area contributed by atoms with Gasteiger partial charge in [0, 0.05) is 13.5 Å². The van der Waals surface area contributed by atoms with Crippen molar-refractivity contribution in [2.24, 2.45) is 0 Å². The van der Waals surface area contributed by atoms with Crippen LogP contribution in [0.1, 0.15) is 12.0 Å². The van der Waals surface area contributed by atoms with E-state index in [4.69, 9.17) is 0 Å². The molecule has 0 heterocycles. The van der Waals surface area contributed by atoms with Crippen LogP contribution in [-0.4, -0.2) is 31.1 Å². The van der Waals surface area contributed by atoms with Crippen LogP contribution in [0.4, 0.5) is 8.78 Å². The monoisotopic (exact) mass is 243 g/mol. The molecule has 1 aromatic rings. The lowest BCUT2D eigenvalue weighted by Crippen LogP contribution is -2.41. The van der Waals surface area contributed by atoms with Crippen LogP contribution in [0.15, 0.2) is 30.3 Å². The Morgan fingerprint density at radius 1 is 1.35 bits per heavy atom. The molecule has 0 aliphatic rings. The van der Waals surface area contributed by atoms with Crippen LogP contribution in [0.25, 0.3) is 0 Å². The third kappa shape index (κ3) is 3.78. The van der Waals surface area contributed by atoms with Gasteiger partial charge in [-0.05, 0) is 12.0 Å². The second-order valence-corrected chi connectivity index (χ2v) is 3.68. The first-order valence-electron chi connectivity index (χ1n) is 5.21. The summed E-state index contributed by atoms with van der Waals surface area (Å²) in [5.41, 5.74) is 0.778. The summed E-state index contributed by atoms with van der Waals surface area (Å²) in [6.45, 7) is 0. The number of alkyl halides is 2. The standard InChI is InChI=1S/C12H15F2NO2/c1-15(17-2)11(16)12(13,14)9-8-10-6-4-3-5-7-10/h3-7H,8-9H2,1-2H3. The zero-order valence-electron chi connectivity index (χ0n) is 9.82. The SMILES string of the molecule is CON(C)C(=O)C(F)(F)CCc1ccccc1. The number of aryl methyl sites for hydroxylation is 1. The van der Waals surface area contributed by atoms with Gasteiger partial charge in [-0.15, -0.1) is 0 Å². The molecule has 0 unspecified atom stereocenters. The number of amides is 1. The first-order valence-corrected chi connectivity index (χ1v) is 5.21. The number of hydroxylamine groups is 2. The largest absolute Gasteiger partial charge is 0.327 e. The van der Waals surface area contributed by atoms with Crippen LogP contribution < -0.4 is 0 Å². The fourth-order valence-electron chi connectivity index (χ4n) is 1.37. The summed E-state index contributed by atoms with van der Waals surface area (Å²) in [6.07, 6.45) is -0.374. The van der Waals surface area contributed by atoms with Crippen molar-refractivity contribution in [2.45, 2.75) is 18.8 Å². The van der Waals surface area contributed by atoms with Gasteiger partial charge in [0.15, 0.2) is 0 Å². The summed E-state index contributed by atoms with van der Waals surface area (Å²) in [6, 6.07) is 8.86. The van der Waals surface area contributed by atoms with E-state index in [0.717, 1.165) is 5.56 Å². The molecule has 0 radical (unpaired) electrons. The molecule has 0 aliphatic heterocycles. The van der Waals surface area contributed by atoms with Gasteiger partial charge in [-0.2, -0.15) is 8.78 Å². The Balaban J connectivity index is 2.58. The molecule has 3 nitrogen and oxygen atoms in total. The normalized spacial score (nSPS) is 11.3. The number of carbonyl (C=O) groups is 1. The summed E-state index contributed by atoms with van der Waals surface area (Å²) < 4.78 is 26.9. The lowest BCUT2D eigenvalue weighted by Gasteiger charge is -2.21. The minimum atomic E-state index is -3.40. The van der Waals surface area contributed by atoms with Gasteiger partial charge in [0.05, 0.1) is 7.11 Å². The van der Waals surface area contributed by atoms with E-state index in [1.165, 1.54) is 14.2 Å². The number of hydrogen-bond donors (Lipinski definition) is 0. The maximum absolute atomic E-state index is 13.5. The van der Waals surface area contributed by atoms with Crippen LogP contribution in [0.2, 0.25) is 0 Å². The zero-order valence-corrected chi connectivity index (χ0v) is 9.82. The molecule has 1 aromatic carbocycles. The van der Waals surface area contributed by atoms with E-state index in [9.17, 15) is 13.6 Å². The lowest BCUT2D eigenvalue weighted by atomic mass is 10.1. The Morgan fingerprint density at radius 3 is 2.47 bits per heavy atom. The highest BCUT2D eigenvalue weighted by atomic mass is 19.3. The van der Waals surface area contributed by atoms with Gasteiger partial charge in [0.2, 0.25) is 0 Å². The Labute approximate surface area is 98.9 Å². The summed E-state index contributed by atoms with van der Waals surface area (Å²) in [5.74, 6) is -4.73. The third-order valence-electron chi connectivity index (χ3n) is 2.44. The second kappa shape index (κ2) is 5.72. The van der Waals surface area contributed by atoms with E-state index >= 15 is 0 Å². The highest BCUT2D eigenvalue weighted by Crippen LogP contribution is 2.23. The maximum atomic E-state index is 13.5. The highest BCUT2D eigenvalue weighted by molar-refractivity contribution is 5.82. The van der Waals surface area contributed by atoms with Crippen molar-refractivity contribution in [3.05, 3.63) is 35.9 Å². The number of nitrogens with zero attached hydrogens (tertiary/aromatic N) is 1. The number of carbonyl (C=O) groups excluding carboxylic acids is 1. The molecule has 1 rings (SSSR count). The average Bonchev–Trinajstić information content (AvgIpc) is 2.36. The van der Waals surface area contributed by atoms with Crippen molar-refractivity contribution >= 4 is 5.91 Å². The van der Waals surface area contributed by atoms with Crippen LogP contribution >= 0.6 is 0 Å². The van der Waals surface area contributed by atoms with E-state index in [1.807, 2.05) is 6.07 Å². The Morgan fingerprint density at radius 2 is 1.94 bits per heavy atom. The molecule has 0 bridgehead atoms. The van der Waals surface area contributed by atoms with E-state index in [-0.39, 0.29) is 6.42 Å². The molecule has 0 fully saturated rings. The van der Waals surface area contributed by atoms with Gasteiger partial charge < -0.3 is 0 Å². The molecule has 0 saturated carbocycles. The summed E-state index contributed by atoms with van der Waals surface area (Å²) >= 11 is 0. The van der Waals surface area contributed by atoms with Gasteiger partial charge in [-0.1, -0.05) is 30.3 Å². The molecule has 5 heteroatoms. The van der Waals surface area contributed by atoms with Crippen molar-refractivity contribution in [1.29, 1.82) is 0 Å². The number of halogens is 2. The molecule has 0 aromatic heterocycles. The second-order valence-electron chi connectivity index (χ2n) is 3.68. The van der Waals surface area contributed by atoms with Gasteiger partial charge in [0.1, 0.15) is 0 Å². The minimum absolute atomic E-state index is 0.150. The van der Waals surface area contributed by atoms with Crippen LogP contribution in [0.3, 0.4) is 0 Å². The number of hydrogen-bond acceptors (Lipinski definition) is 2. The molecule has 17 heavy (non-hydrogen) atoms. The topological polar surface area (TPSA) is 29.5 Å². The smallest absolute Gasteiger partial charge is 0.274 e. The maximum Gasteiger partial charge on any atom is 0.327 e. The highest BCUT2D eigenvalue weighted by Gasteiger charge is 2.40. The lowest BCUT2D eigenvalue weighted by molar-refractivity contribution is -0.195. The minimum Gasteiger partial charge on any atom is -0.274 e. The van der Waals surface area contributed by atoms with Crippen LogP contribution in [-0.2, 0) is 16.1 Å². The summed E-state index contributed by atoms with van der Waals surface area (Å²) in [4.78, 5) is 15.7. The van der Waals surface area contributed by atoms with Gasteiger partial charge in [-0.25, -0.2) is 5.06 Å². The average molecular weight is 243 g/mol. The van der Waals surface area contributed by atoms with Crippen molar-refractivity contribution in [1.82, 2.24) is 5.06 Å². The van der Waals surface area contributed by atoms with Gasteiger partial charge in [-0.3, -0.25) is 9.63 Å². The van der Waals surface area contributed by atoms with E-state index in [2.05, 4.69) is 4.84 Å². The predicted molar refractivity (Wildman–Crippen MR) is 59.5 cm³/mol. The molecule has 0 aliphatic carbocycles. The Hall–Kier alpha value is -1.49. The molecular weight excluding hydrogens is 228 g/mol.